The topological polar surface area (TPSA) is 21.7 Å². The van der Waals surface area contributed by atoms with Crippen LogP contribution in [0.15, 0.2) is 72.3 Å². The molecular formula is C27H28ClNO2. The number of fused-ring (bicyclic) bond motifs is 1. The van der Waals surface area contributed by atoms with Crippen molar-refractivity contribution in [1.29, 1.82) is 0 Å². The molecule has 0 N–H and O–H groups in total. The molecule has 4 rings (SSSR count). The minimum atomic E-state index is 0.0985. The first-order valence-electron chi connectivity index (χ1n) is 10.6. The van der Waals surface area contributed by atoms with Crippen LogP contribution in [0.4, 0.5) is 0 Å². The maximum Gasteiger partial charge on any atom is 0.161 e. The maximum absolute atomic E-state index is 6.38. The van der Waals surface area contributed by atoms with Crippen molar-refractivity contribution in [2.24, 2.45) is 0 Å². The largest absolute Gasteiger partial charge is 0.493 e. The van der Waals surface area contributed by atoms with E-state index in [1.165, 1.54) is 27.8 Å². The van der Waals surface area contributed by atoms with Crippen molar-refractivity contribution in [3.8, 4) is 11.5 Å². The number of nitrogens with zero attached hydrogens (tertiary/aromatic N) is 1. The Bertz CT molecular complexity index is 1080. The fraction of sp³-hybridized carbons (Fsp3) is 0.259. The molecule has 31 heavy (non-hydrogen) atoms. The molecule has 1 heterocycles. The molecule has 1 atom stereocenters. The molecule has 3 aromatic carbocycles. The van der Waals surface area contributed by atoms with Gasteiger partial charge in [-0.05, 0) is 59.9 Å². The molecule has 1 aliphatic heterocycles. The Kier molecular flexibility index (Phi) is 6.64. The van der Waals surface area contributed by atoms with Crippen LogP contribution >= 0.6 is 11.6 Å². The number of hydrogen-bond donors (Lipinski definition) is 0. The number of rotatable bonds is 6. The number of benzene rings is 3. The third-order valence-electron chi connectivity index (χ3n) is 5.80. The molecule has 0 saturated carbocycles. The quantitative estimate of drug-likeness (QED) is 0.448. The van der Waals surface area contributed by atoms with Crippen LogP contribution in [0.5, 0.6) is 11.5 Å². The summed E-state index contributed by atoms with van der Waals surface area (Å²) in [6, 6.07) is 23.0. The van der Waals surface area contributed by atoms with E-state index in [0.717, 1.165) is 36.0 Å². The summed E-state index contributed by atoms with van der Waals surface area (Å²) in [4.78, 5) is 2.52. The summed E-state index contributed by atoms with van der Waals surface area (Å²) < 4.78 is 11.2. The molecule has 0 saturated heterocycles. The van der Waals surface area contributed by atoms with Gasteiger partial charge >= 0.3 is 0 Å². The predicted molar refractivity (Wildman–Crippen MR) is 128 cm³/mol. The minimum absolute atomic E-state index is 0.0985. The van der Waals surface area contributed by atoms with Crippen molar-refractivity contribution in [3.05, 3.63) is 99.6 Å². The van der Waals surface area contributed by atoms with Gasteiger partial charge in [-0.3, -0.25) is 4.90 Å². The van der Waals surface area contributed by atoms with Gasteiger partial charge in [-0.2, -0.15) is 0 Å². The Morgan fingerprint density at radius 1 is 1.00 bits per heavy atom. The van der Waals surface area contributed by atoms with Gasteiger partial charge in [-0.1, -0.05) is 65.7 Å². The number of hydrogen-bond acceptors (Lipinski definition) is 3. The smallest absolute Gasteiger partial charge is 0.161 e. The third-order valence-corrected chi connectivity index (χ3v) is 6.04. The van der Waals surface area contributed by atoms with Crippen molar-refractivity contribution in [3.63, 3.8) is 0 Å². The highest BCUT2D eigenvalue weighted by Crippen LogP contribution is 2.41. The monoisotopic (exact) mass is 433 g/mol. The van der Waals surface area contributed by atoms with Crippen LogP contribution in [-0.2, 0) is 6.42 Å². The second kappa shape index (κ2) is 9.59. The van der Waals surface area contributed by atoms with Gasteiger partial charge in [0.2, 0.25) is 0 Å². The van der Waals surface area contributed by atoms with E-state index in [1.54, 1.807) is 14.2 Å². The molecule has 3 nitrogen and oxygen atoms in total. The number of halogens is 1. The first kappa shape index (κ1) is 21.5. The molecule has 1 aliphatic rings. The highest BCUT2D eigenvalue weighted by Gasteiger charge is 2.30. The molecular weight excluding hydrogens is 406 g/mol. The van der Waals surface area contributed by atoms with Gasteiger partial charge in [0, 0.05) is 18.1 Å². The zero-order valence-corrected chi connectivity index (χ0v) is 19.0. The van der Waals surface area contributed by atoms with Gasteiger partial charge < -0.3 is 9.47 Å². The van der Waals surface area contributed by atoms with Gasteiger partial charge in [0.15, 0.2) is 11.5 Å². The predicted octanol–water partition coefficient (Wildman–Crippen LogP) is 6.41. The summed E-state index contributed by atoms with van der Waals surface area (Å²) in [7, 11) is 3.37. The van der Waals surface area contributed by atoms with E-state index < -0.39 is 0 Å². The van der Waals surface area contributed by atoms with Gasteiger partial charge in [0.25, 0.3) is 0 Å². The van der Waals surface area contributed by atoms with E-state index >= 15 is 0 Å². The zero-order valence-electron chi connectivity index (χ0n) is 18.3. The molecule has 0 fully saturated rings. The first-order chi connectivity index (χ1) is 15.1. The van der Waals surface area contributed by atoms with Crippen molar-refractivity contribution in [2.45, 2.75) is 19.4 Å². The fourth-order valence-electron chi connectivity index (χ4n) is 4.43. The summed E-state index contributed by atoms with van der Waals surface area (Å²) in [6.07, 6.45) is 3.23. The van der Waals surface area contributed by atoms with Crippen molar-refractivity contribution < 1.29 is 9.47 Å². The van der Waals surface area contributed by atoms with E-state index in [1.807, 2.05) is 18.2 Å². The van der Waals surface area contributed by atoms with Gasteiger partial charge in [-0.15, -0.1) is 0 Å². The van der Waals surface area contributed by atoms with Gasteiger partial charge in [0.1, 0.15) is 0 Å². The van der Waals surface area contributed by atoms with Crippen LogP contribution < -0.4 is 9.47 Å². The molecule has 0 radical (unpaired) electrons. The van der Waals surface area contributed by atoms with Crippen LogP contribution in [0.25, 0.3) is 6.08 Å². The first-order valence-corrected chi connectivity index (χ1v) is 10.9. The summed E-state index contributed by atoms with van der Waals surface area (Å²) >= 11 is 6.38. The average molecular weight is 434 g/mol. The highest BCUT2D eigenvalue weighted by molar-refractivity contribution is 6.30. The normalized spacial score (nSPS) is 16.6. The lowest BCUT2D eigenvalue weighted by Crippen LogP contribution is -2.37. The van der Waals surface area contributed by atoms with Crippen LogP contribution in [0.1, 0.15) is 35.2 Å². The Morgan fingerprint density at radius 3 is 2.45 bits per heavy atom. The Morgan fingerprint density at radius 2 is 1.74 bits per heavy atom. The minimum Gasteiger partial charge on any atom is -0.493 e. The zero-order chi connectivity index (χ0) is 21.8. The molecule has 0 spiro atoms. The lowest BCUT2D eigenvalue weighted by atomic mass is 9.87. The fourth-order valence-corrected chi connectivity index (χ4v) is 4.63. The lowest BCUT2D eigenvalue weighted by molar-refractivity contribution is 0.231. The van der Waals surface area contributed by atoms with Crippen LogP contribution in [0.3, 0.4) is 0 Å². The molecule has 0 aliphatic carbocycles. The standard InChI is InChI=1S/C27H28ClNO2/c1-19(14-20-8-5-4-6-9-20)18-29-13-12-21-16-25(30-2)26(31-3)17-24(21)27(29)22-10-7-11-23(28)15-22/h4-11,14-17,27H,12-13,18H2,1-3H3/b19-14+/t27-/m1/s1. The van der Waals surface area contributed by atoms with Crippen molar-refractivity contribution >= 4 is 17.7 Å². The molecule has 3 aromatic rings. The van der Waals surface area contributed by atoms with Crippen LogP contribution in [0, 0.1) is 0 Å². The Labute approximate surface area is 189 Å². The van der Waals surface area contributed by atoms with E-state index in [4.69, 9.17) is 21.1 Å². The summed E-state index contributed by atoms with van der Waals surface area (Å²) in [5, 5.41) is 0.751. The average Bonchev–Trinajstić information content (AvgIpc) is 2.78. The number of ether oxygens (including phenoxy) is 2. The van der Waals surface area contributed by atoms with E-state index in [9.17, 15) is 0 Å². The highest BCUT2D eigenvalue weighted by atomic mass is 35.5. The third kappa shape index (κ3) is 4.79. The molecule has 0 amide bonds. The summed E-state index contributed by atoms with van der Waals surface area (Å²) in [6.45, 7) is 4.03. The second-order valence-electron chi connectivity index (χ2n) is 7.99. The van der Waals surface area contributed by atoms with E-state index in [-0.39, 0.29) is 6.04 Å². The molecule has 0 unspecified atom stereocenters. The molecule has 0 bridgehead atoms. The second-order valence-corrected chi connectivity index (χ2v) is 8.42. The Balaban J connectivity index is 1.74. The Hall–Kier alpha value is -2.75. The summed E-state index contributed by atoms with van der Waals surface area (Å²) in [5.41, 5.74) is 6.28. The molecule has 160 valence electrons. The van der Waals surface area contributed by atoms with Crippen LogP contribution in [0.2, 0.25) is 5.02 Å². The SMILES string of the molecule is COc1cc2c(cc1OC)[C@@H](c1cccc(Cl)c1)N(C/C(C)=C/c1ccccc1)CC2. The molecule has 0 aromatic heterocycles. The maximum atomic E-state index is 6.38. The lowest BCUT2D eigenvalue weighted by Gasteiger charge is -2.38. The summed E-state index contributed by atoms with van der Waals surface area (Å²) in [5.74, 6) is 1.53. The van der Waals surface area contributed by atoms with Crippen molar-refractivity contribution in [1.82, 2.24) is 4.90 Å². The van der Waals surface area contributed by atoms with E-state index in [0.29, 0.717) is 0 Å². The van der Waals surface area contributed by atoms with Crippen LogP contribution in [-0.4, -0.2) is 32.2 Å². The number of methoxy groups -OCH3 is 2. The van der Waals surface area contributed by atoms with E-state index in [2.05, 4.69) is 66.4 Å². The van der Waals surface area contributed by atoms with Crippen molar-refractivity contribution in [2.75, 3.05) is 27.3 Å². The van der Waals surface area contributed by atoms with Gasteiger partial charge in [-0.25, -0.2) is 0 Å². The van der Waals surface area contributed by atoms with Gasteiger partial charge in [0.05, 0.1) is 20.3 Å². The molecule has 4 heteroatoms.